The van der Waals surface area contributed by atoms with Gasteiger partial charge in [0.1, 0.15) is 30.2 Å². The van der Waals surface area contributed by atoms with Crippen molar-refractivity contribution in [1.82, 2.24) is 19.9 Å². The van der Waals surface area contributed by atoms with E-state index in [1.807, 2.05) is 0 Å². The summed E-state index contributed by atoms with van der Waals surface area (Å²) in [7, 11) is 0. The SMILES string of the molecule is [2H]C([2H])(Oc1nc(N2CCOC[C@H]3[C@H](F)[C@H]32)c2cnc(Cl)c(F)c2n1)[C@@]12CCCN1C[C@H](F)C2. The number of anilines is 1. The number of fused-ring (bicyclic) bond motifs is 3. The van der Waals surface area contributed by atoms with Crippen molar-refractivity contribution in [3.05, 3.63) is 17.2 Å². The highest BCUT2D eigenvalue weighted by molar-refractivity contribution is 6.30. The van der Waals surface area contributed by atoms with E-state index in [9.17, 15) is 13.2 Å². The van der Waals surface area contributed by atoms with E-state index in [1.165, 1.54) is 6.20 Å². The molecule has 5 heterocycles. The molecule has 0 aromatic carbocycles. The number of halogens is 4. The van der Waals surface area contributed by atoms with Gasteiger partial charge in [-0.1, -0.05) is 11.6 Å². The van der Waals surface area contributed by atoms with E-state index in [1.54, 1.807) is 9.80 Å². The van der Waals surface area contributed by atoms with Gasteiger partial charge in [-0.3, -0.25) is 4.90 Å². The van der Waals surface area contributed by atoms with Crippen LogP contribution in [-0.2, 0) is 4.74 Å². The van der Waals surface area contributed by atoms with E-state index in [-0.39, 0.29) is 42.2 Å². The molecule has 2 aromatic rings. The number of ether oxygens (including phenoxy) is 2. The van der Waals surface area contributed by atoms with Gasteiger partial charge < -0.3 is 14.4 Å². The molecule has 3 saturated heterocycles. The predicted octanol–water partition coefficient (Wildman–Crippen LogP) is 2.95. The third-order valence-corrected chi connectivity index (χ3v) is 7.25. The molecule has 5 atom stereocenters. The standard InChI is InChI=1S/C21H23ClF3N5O2/c22-18-15(25)16-12(7-26-18)19(30-4-5-31-9-13-14(24)17(13)30)28-20(27-16)32-10-21-2-1-3-29(21)8-11(23)6-21/h7,11,13-14,17H,1-6,8-10H2/t11-,13+,14+,17+,21+/m1/s1/i10D2. The molecule has 172 valence electrons. The highest BCUT2D eigenvalue weighted by atomic mass is 35.5. The molecule has 0 bridgehead atoms. The predicted molar refractivity (Wildman–Crippen MR) is 111 cm³/mol. The second-order valence-electron chi connectivity index (χ2n) is 8.91. The van der Waals surface area contributed by atoms with Crippen LogP contribution >= 0.6 is 11.6 Å². The van der Waals surface area contributed by atoms with Crippen LogP contribution in [0, 0.1) is 11.7 Å². The first-order chi connectivity index (χ1) is 16.2. The molecule has 11 heteroatoms. The Morgan fingerprint density at radius 2 is 2.22 bits per heavy atom. The monoisotopic (exact) mass is 471 g/mol. The quantitative estimate of drug-likeness (QED) is 0.635. The van der Waals surface area contributed by atoms with E-state index in [0.29, 0.717) is 32.5 Å². The van der Waals surface area contributed by atoms with Crippen molar-refractivity contribution in [1.29, 1.82) is 0 Å². The number of alkyl halides is 2. The van der Waals surface area contributed by atoms with Gasteiger partial charge in [0.15, 0.2) is 11.0 Å². The molecule has 2 aromatic heterocycles. The van der Waals surface area contributed by atoms with E-state index in [4.69, 9.17) is 23.8 Å². The van der Waals surface area contributed by atoms with E-state index in [0.717, 1.165) is 0 Å². The Balaban J connectivity index is 1.44. The van der Waals surface area contributed by atoms with Gasteiger partial charge in [-0.05, 0) is 19.4 Å². The zero-order valence-electron chi connectivity index (χ0n) is 19.1. The highest BCUT2D eigenvalue weighted by Gasteiger charge is 2.56. The fourth-order valence-corrected chi connectivity index (χ4v) is 5.49. The van der Waals surface area contributed by atoms with Crippen molar-refractivity contribution in [2.24, 2.45) is 5.92 Å². The van der Waals surface area contributed by atoms with Crippen LogP contribution in [0.15, 0.2) is 6.20 Å². The van der Waals surface area contributed by atoms with Gasteiger partial charge in [-0.25, -0.2) is 18.2 Å². The van der Waals surface area contributed by atoms with Crippen LogP contribution in [0.3, 0.4) is 0 Å². The van der Waals surface area contributed by atoms with Crippen LogP contribution in [0.2, 0.25) is 5.15 Å². The lowest BCUT2D eigenvalue weighted by atomic mass is 9.95. The van der Waals surface area contributed by atoms with Crippen molar-refractivity contribution < 1.29 is 25.4 Å². The molecule has 4 aliphatic rings. The van der Waals surface area contributed by atoms with Crippen LogP contribution in [0.4, 0.5) is 19.0 Å². The van der Waals surface area contributed by atoms with Gasteiger partial charge in [0, 0.05) is 31.6 Å². The minimum absolute atomic E-state index is 0.0126. The van der Waals surface area contributed by atoms with E-state index < -0.39 is 47.5 Å². The molecule has 32 heavy (non-hydrogen) atoms. The first-order valence-electron chi connectivity index (χ1n) is 11.8. The lowest BCUT2D eigenvalue weighted by molar-refractivity contribution is 0.107. The Bertz CT molecular complexity index is 1150. The van der Waals surface area contributed by atoms with Gasteiger partial charge in [-0.2, -0.15) is 9.97 Å². The lowest BCUT2D eigenvalue weighted by Crippen LogP contribution is -2.43. The fraction of sp³-hybridized carbons (Fsp3) is 0.667. The smallest absolute Gasteiger partial charge is 0.319 e. The number of hydrogen-bond donors (Lipinski definition) is 0. The summed E-state index contributed by atoms with van der Waals surface area (Å²) < 4.78 is 72.4. The molecule has 0 radical (unpaired) electrons. The zero-order valence-corrected chi connectivity index (χ0v) is 17.9. The number of rotatable bonds is 4. The Kier molecular flexibility index (Phi) is 4.37. The second kappa shape index (κ2) is 7.56. The van der Waals surface area contributed by atoms with Gasteiger partial charge in [-0.15, -0.1) is 0 Å². The Hall–Kier alpha value is -1.91. The van der Waals surface area contributed by atoms with Crippen LogP contribution < -0.4 is 9.64 Å². The first-order valence-corrected chi connectivity index (χ1v) is 11.2. The van der Waals surface area contributed by atoms with Crippen molar-refractivity contribution in [2.75, 3.05) is 44.3 Å². The summed E-state index contributed by atoms with van der Waals surface area (Å²) in [6.45, 7) is -0.754. The number of aromatic nitrogens is 3. The molecule has 7 nitrogen and oxygen atoms in total. The van der Waals surface area contributed by atoms with E-state index in [2.05, 4.69) is 15.0 Å². The number of nitrogens with zero attached hydrogens (tertiary/aromatic N) is 5. The maximum absolute atomic E-state index is 15.0. The summed E-state index contributed by atoms with van der Waals surface area (Å²) in [5.41, 5.74) is -1.37. The van der Waals surface area contributed by atoms with Gasteiger partial charge in [0.05, 0.1) is 32.9 Å². The van der Waals surface area contributed by atoms with Crippen LogP contribution in [0.1, 0.15) is 22.0 Å². The first kappa shape index (κ1) is 18.5. The summed E-state index contributed by atoms with van der Waals surface area (Å²) in [6.07, 6.45) is 0.136. The van der Waals surface area contributed by atoms with Crippen molar-refractivity contribution in [2.45, 2.75) is 43.2 Å². The summed E-state index contributed by atoms with van der Waals surface area (Å²) in [6, 6.07) is -0.926. The molecule has 4 fully saturated rings. The lowest BCUT2D eigenvalue weighted by Gasteiger charge is -2.31. The van der Waals surface area contributed by atoms with Gasteiger partial charge in [0.25, 0.3) is 0 Å². The summed E-state index contributed by atoms with van der Waals surface area (Å²) >= 11 is 5.89. The number of hydrogen-bond acceptors (Lipinski definition) is 7. The van der Waals surface area contributed by atoms with Crippen molar-refractivity contribution in [3.8, 4) is 6.01 Å². The normalized spacial score (nSPS) is 35.8. The Morgan fingerprint density at radius 3 is 3.09 bits per heavy atom. The third-order valence-electron chi connectivity index (χ3n) is 6.99. The van der Waals surface area contributed by atoms with E-state index >= 15 is 0 Å². The average molecular weight is 472 g/mol. The minimum atomic E-state index is -2.35. The molecule has 3 aliphatic heterocycles. The van der Waals surface area contributed by atoms with Gasteiger partial charge >= 0.3 is 6.01 Å². The maximum Gasteiger partial charge on any atom is 0.319 e. The van der Waals surface area contributed by atoms with Crippen LogP contribution in [0.5, 0.6) is 6.01 Å². The molecular formula is C21H23ClF3N5O2. The second-order valence-corrected chi connectivity index (χ2v) is 9.27. The van der Waals surface area contributed by atoms with Gasteiger partial charge in [0.2, 0.25) is 0 Å². The van der Waals surface area contributed by atoms with Crippen molar-refractivity contribution in [3.63, 3.8) is 0 Å². The summed E-state index contributed by atoms with van der Waals surface area (Å²) in [5.74, 6) is -1.07. The Labute approximate surface area is 190 Å². The Morgan fingerprint density at radius 1 is 1.34 bits per heavy atom. The summed E-state index contributed by atoms with van der Waals surface area (Å²) in [5, 5.41) is -0.200. The zero-order chi connectivity index (χ0) is 23.8. The highest BCUT2D eigenvalue weighted by Crippen LogP contribution is 2.45. The molecule has 0 unspecified atom stereocenters. The van der Waals surface area contributed by atoms with Crippen LogP contribution in [0.25, 0.3) is 10.9 Å². The summed E-state index contributed by atoms with van der Waals surface area (Å²) in [4.78, 5) is 15.8. The largest absolute Gasteiger partial charge is 0.461 e. The third kappa shape index (κ3) is 3.21. The average Bonchev–Trinajstić information content (AvgIpc) is 3.14. The molecule has 0 amide bonds. The molecule has 0 spiro atoms. The molecule has 6 rings (SSSR count). The minimum Gasteiger partial charge on any atom is -0.461 e. The van der Waals surface area contributed by atoms with Crippen molar-refractivity contribution >= 4 is 28.3 Å². The molecule has 0 N–H and O–H groups in total. The molecule has 1 aliphatic carbocycles. The fourth-order valence-electron chi connectivity index (χ4n) is 5.35. The topological polar surface area (TPSA) is 63.6 Å². The van der Waals surface area contributed by atoms with Crippen LogP contribution in [-0.4, -0.2) is 83.2 Å². The molecular weight excluding hydrogens is 447 g/mol. The molecule has 1 saturated carbocycles. The maximum atomic E-state index is 15.0. The number of pyridine rings is 1.